The van der Waals surface area contributed by atoms with Crippen molar-refractivity contribution < 1.29 is 4.74 Å². The molecular formula is C9H8N2O. The number of nitrogens with two attached hydrogens (primary N) is 1. The Labute approximate surface area is 70.4 Å². The summed E-state index contributed by atoms with van der Waals surface area (Å²) < 4.78 is 5.28. The van der Waals surface area contributed by atoms with E-state index in [-0.39, 0.29) is 6.04 Å². The minimum absolute atomic E-state index is 0.0756. The third-order valence-corrected chi connectivity index (χ3v) is 1.96. The number of fused-ring (bicyclic) bond motifs is 1. The number of hydrogen-bond donors (Lipinski definition) is 1. The highest BCUT2D eigenvalue weighted by Gasteiger charge is 2.20. The van der Waals surface area contributed by atoms with E-state index in [1.165, 1.54) is 0 Å². The Balaban J connectivity index is 2.52. The van der Waals surface area contributed by atoms with Crippen molar-refractivity contribution in [3.05, 3.63) is 29.3 Å². The highest BCUT2D eigenvalue weighted by Crippen LogP contribution is 2.30. The Morgan fingerprint density at radius 2 is 2.42 bits per heavy atom. The number of ether oxygens (including phenoxy) is 1. The van der Waals surface area contributed by atoms with Gasteiger partial charge in [-0.1, -0.05) is 0 Å². The molecule has 0 saturated heterocycles. The van der Waals surface area contributed by atoms with Gasteiger partial charge in [-0.15, -0.1) is 0 Å². The fourth-order valence-electron chi connectivity index (χ4n) is 1.31. The number of benzene rings is 1. The van der Waals surface area contributed by atoms with Gasteiger partial charge in [-0.25, -0.2) is 0 Å². The third-order valence-electron chi connectivity index (χ3n) is 1.96. The maximum Gasteiger partial charge on any atom is 0.124 e. The molecule has 0 fully saturated rings. The van der Waals surface area contributed by atoms with Crippen LogP contribution in [0.2, 0.25) is 0 Å². The molecule has 1 aromatic rings. The Morgan fingerprint density at radius 3 is 3.17 bits per heavy atom. The lowest BCUT2D eigenvalue weighted by Crippen LogP contribution is -2.10. The van der Waals surface area contributed by atoms with Crippen LogP contribution < -0.4 is 10.5 Å². The van der Waals surface area contributed by atoms with E-state index in [0.717, 1.165) is 11.3 Å². The molecule has 0 radical (unpaired) electrons. The molecule has 0 amide bonds. The number of nitrogens with zero attached hydrogens (tertiary/aromatic N) is 1. The fourth-order valence-corrected chi connectivity index (χ4v) is 1.31. The zero-order chi connectivity index (χ0) is 8.55. The molecule has 0 spiro atoms. The van der Waals surface area contributed by atoms with E-state index < -0.39 is 0 Å². The second-order valence-electron chi connectivity index (χ2n) is 2.78. The average Bonchev–Trinajstić information content (AvgIpc) is 2.47. The predicted octanol–water partition coefficient (Wildman–Crippen LogP) is 0.950. The van der Waals surface area contributed by atoms with Gasteiger partial charge >= 0.3 is 0 Å². The maximum atomic E-state index is 8.62. The van der Waals surface area contributed by atoms with Crippen LogP contribution in [0.3, 0.4) is 0 Å². The first-order chi connectivity index (χ1) is 5.81. The summed E-state index contributed by atoms with van der Waals surface area (Å²) in [5.41, 5.74) is 7.31. The molecule has 0 aromatic heterocycles. The Hall–Kier alpha value is -1.53. The van der Waals surface area contributed by atoms with Crippen molar-refractivity contribution in [1.82, 2.24) is 0 Å². The first kappa shape index (κ1) is 7.14. The van der Waals surface area contributed by atoms with Gasteiger partial charge < -0.3 is 10.5 Å². The highest BCUT2D eigenvalue weighted by atomic mass is 16.5. The molecule has 60 valence electrons. The maximum absolute atomic E-state index is 8.62. The molecule has 12 heavy (non-hydrogen) atoms. The van der Waals surface area contributed by atoms with Crippen LogP contribution >= 0.6 is 0 Å². The molecule has 1 aliphatic rings. The fraction of sp³-hybridized carbons (Fsp3) is 0.222. The molecule has 3 nitrogen and oxygen atoms in total. The SMILES string of the molecule is N#Cc1ccc2c(c1)C(N)CO2. The lowest BCUT2D eigenvalue weighted by Gasteiger charge is -1.99. The minimum atomic E-state index is -0.0756. The summed E-state index contributed by atoms with van der Waals surface area (Å²) in [5, 5.41) is 8.62. The van der Waals surface area contributed by atoms with Gasteiger partial charge in [0.1, 0.15) is 12.4 Å². The number of hydrogen-bond acceptors (Lipinski definition) is 3. The van der Waals surface area contributed by atoms with E-state index in [1.807, 2.05) is 0 Å². The second-order valence-corrected chi connectivity index (χ2v) is 2.78. The van der Waals surface area contributed by atoms with Crippen LogP contribution in [0.1, 0.15) is 17.2 Å². The number of nitriles is 1. The molecule has 1 aliphatic heterocycles. The zero-order valence-corrected chi connectivity index (χ0v) is 6.45. The molecule has 2 rings (SSSR count). The van der Waals surface area contributed by atoms with Gasteiger partial charge in [-0.3, -0.25) is 0 Å². The van der Waals surface area contributed by atoms with E-state index in [4.69, 9.17) is 15.7 Å². The van der Waals surface area contributed by atoms with Crippen LogP contribution in [0.4, 0.5) is 0 Å². The van der Waals surface area contributed by atoms with Gasteiger partial charge in [0, 0.05) is 5.56 Å². The predicted molar refractivity (Wildman–Crippen MR) is 43.6 cm³/mol. The van der Waals surface area contributed by atoms with Crippen molar-refractivity contribution in [3.8, 4) is 11.8 Å². The Bertz CT molecular complexity index is 354. The zero-order valence-electron chi connectivity index (χ0n) is 6.45. The van der Waals surface area contributed by atoms with E-state index in [0.29, 0.717) is 12.2 Å². The quantitative estimate of drug-likeness (QED) is 0.614. The lowest BCUT2D eigenvalue weighted by molar-refractivity contribution is 0.333. The first-order valence-electron chi connectivity index (χ1n) is 3.73. The van der Waals surface area contributed by atoms with Crippen LogP contribution in [-0.2, 0) is 0 Å². The van der Waals surface area contributed by atoms with Gasteiger partial charge in [-0.2, -0.15) is 5.26 Å². The van der Waals surface area contributed by atoms with Crippen LogP contribution in [0.25, 0.3) is 0 Å². The van der Waals surface area contributed by atoms with Gasteiger partial charge in [-0.05, 0) is 18.2 Å². The molecule has 0 aliphatic carbocycles. The number of rotatable bonds is 0. The van der Waals surface area contributed by atoms with Gasteiger partial charge in [0.15, 0.2) is 0 Å². The van der Waals surface area contributed by atoms with Crippen molar-refractivity contribution in [2.45, 2.75) is 6.04 Å². The third kappa shape index (κ3) is 0.936. The average molecular weight is 160 g/mol. The molecule has 0 bridgehead atoms. The highest BCUT2D eigenvalue weighted by molar-refractivity contribution is 5.45. The Kier molecular flexibility index (Phi) is 1.49. The molecule has 0 saturated carbocycles. The largest absolute Gasteiger partial charge is 0.491 e. The molecule has 3 heteroatoms. The summed E-state index contributed by atoms with van der Waals surface area (Å²) in [7, 11) is 0. The molecule has 1 unspecified atom stereocenters. The molecule has 1 atom stereocenters. The van der Waals surface area contributed by atoms with E-state index in [2.05, 4.69) is 6.07 Å². The summed E-state index contributed by atoms with van der Waals surface area (Å²) in [6.07, 6.45) is 0. The Morgan fingerprint density at radius 1 is 1.58 bits per heavy atom. The van der Waals surface area contributed by atoms with Crippen LogP contribution in [-0.4, -0.2) is 6.61 Å². The summed E-state index contributed by atoms with van der Waals surface area (Å²) in [5.74, 6) is 0.807. The van der Waals surface area contributed by atoms with Crippen LogP contribution in [0, 0.1) is 11.3 Å². The van der Waals surface area contributed by atoms with Gasteiger partial charge in [0.25, 0.3) is 0 Å². The normalized spacial score (nSPS) is 19.5. The van der Waals surface area contributed by atoms with Gasteiger partial charge in [0.2, 0.25) is 0 Å². The van der Waals surface area contributed by atoms with Crippen molar-refractivity contribution in [1.29, 1.82) is 5.26 Å². The summed E-state index contributed by atoms with van der Waals surface area (Å²) in [6, 6.07) is 7.30. The van der Waals surface area contributed by atoms with E-state index in [9.17, 15) is 0 Å². The molecule has 1 aromatic carbocycles. The van der Waals surface area contributed by atoms with Crippen molar-refractivity contribution >= 4 is 0 Å². The van der Waals surface area contributed by atoms with Crippen molar-refractivity contribution in [2.24, 2.45) is 5.73 Å². The van der Waals surface area contributed by atoms with Crippen LogP contribution in [0.5, 0.6) is 5.75 Å². The van der Waals surface area contributed by atoms with E-state index >= 15 is 0 Å². The monoisotopic (exact) mass is 160 g/mol. The second kappa shape index (κ2) is 2.50. The van der Waals surface area contributed by atoms with Crippen molar-refractivity contribution in [2.75, 3.05) is 6.61 Å². The van der Waals surface area contributed by atoms with Gasteiger partial charge in [0.05, 0.1) is 17.7 Å². The summed E-state index contributed by atoms with van der Waals surface area (Å²) in [4.78, 5) is 0. The smallest absolute Gasteiger partial charge is 0.124 e. The molecule has 2 N–H and O–H groups in total. The summed E-state index contributed by atoms with van der Waals surface area (Å²) in [6.45, 7) is 0.518. The molecule has 1 heterocycles. The lowest BCUT2D eigenvalue weighted by atomic mass is 10.1. The first-order valence-corrected chi connectivity index (χ1v) is 3.73. The molecular weight excluding hydrogens is 152 g/mol. The van der Waals surface area contributed by atoms with Crippen LogP contribution in [0.15, 0.2) is 18.2 Å². The minimum Gasteiger partial charge on any atom is -0.491 e. The standard InChI is InChI=1S/C9H8N2O/c10-4-6-1-2-9-7(3-6)8(11)5-12-9/h1-3,8H,5,11H2. The van der Waals surface area contributed by atoms with Crippen molar-refractivity contribution in [3.63, 3.8) is 0 Å². The summed E-state index contributed by atoms with van der Waals surface area (Å²) >= 11 is 0. The van der Waals surface area contributed by atoms with E-state index in [1.54, 1.807) is 18.2 Å². The topological polar surface area (TPSA) is 59.0 Å².